The molecule has 7 nitrogen and oxygen atoms in total. The van der Waals surface area contributed by atoms with Gasteiger partial charge in [-0.1, -0.05) is 55.8 Å². The maximum Gasteiger partial charge on any atom is 0.296 e. The van der Waals surface area contributed by atoms with Crippen molar-refractivity contribution in [2.45, 2.75) is 32.7 Å². The van der Waals surface area contributed by atoms with Crippen LogP contribution >= 0.6 is 11.3 Å². The van der Waals surface area contributed by atoms with Crippen molar-refractivity contribution in [2.75, 3.05) is 18.1 Å². The van der Waals surface area contributed by atoms with Crippen LogP contribution in [0.25, 0.3) is 6.08 Å². The topological polar surface area (TPSA) is 89.0 Å². The van der Waals surface area contributed by atoms with E-state index >= 15 is 0 Å². The highest BCUT2D eigenvalue weighted by atomic mass is 32.1. The number of rotatable bonds is 11. The third-order valence-corrected chi connectivity index (χ3v) is 6.44. The van der Waals surface area contributed by atoms with Gasteiger partial charge in [-0.15, -0.1) is 11.3 Å². The van der Waals surface area contributed by atoms with E-state index in [0.717, 1.165) is 18.4 Å². The molecule has 0 bridgehead atoms. The number of aromatic nitrogens is 1. The van der Waals surface area contributed by atoms with Crippen LogP contribution in [0.4, 0.5) is 5.13 Å². The quantitative estimate of drug-likeness (QED) is 0.258. The summed E-state index contributed by atoms with van der Waals surface area (Å²) in [7, 11) is 0. The molecule has 4 rings (SSSR count). The molecule has 36 heavy (non-hydrogen) atoms. The van der Waals surface area contributed by atoms with Gasteiger partial charge in [-0.05, 0) is 42.7 Å². The Morgan fingerprint density at radius 3 is 2.64 bits per heavy atom. The zero-order valence-corrected chi connectivity index (χ0v) is 21.0. The molecule has 3 aromatic rings. The smallest absolute Gasteiger partial charge is 0.296 e. The summed E-state index contributed by atoms with van der Waals surface area (Å²) in [5, 5.41) is 13.0. The minimum Gasteiger partial charge on any atom is -0.503 e. The fourth-order valence-corrected chi connectivity index (χ4v) is 4.61. The summed E-state index contributed by atoms with van der Waals surface area (Å²) in [6.45, 7) is 4.93. The molecule has 1 amide bonds. The second kappa shape index (κ2) is 11.7. The fraction of sp³-hybridized carbons (Fsp3) is 0.250. The number of amides is 1. The van der Waals surface area contributed by atoms with E-state index in [0.29, 0.717) is 35.4 Å². The molecule has 8 heteroatoms. The van der Waals surface area contributed by atoms with Gasteiger partial charge in [0.2, 0.25) is 0 Å². The number of aliphatic hydroxyl groups excluding tert-OH is 1. The molecule has 1 aliphatic heterocycles. The minimum absolute atomic E-state index is 0.00974. The summed E-state index contributed by atoms with van der Waals surface area (Å²) in [6.07, 6.45) is 6.52. The maximum atomic E-state index is 13.4. The number of ketones is 1. The number of nitrogens with zero attached hydrogens (tertiary/aromatic N) is 2. The Kier molecular flexibility index (Phi) is 8.17. The Morgan fingerprint density at radius 1 is 1.14 bits per heavy atom. The second-order valence-electron chi connectivity index (χ2n) is 8.10. The molecule has 1 aliphatic rings. The Balaban J connectivity index is 1.75. The van der Waals surface area contributed by atoms with E-state index in [-0.39, 0.29) is 5.57 Å². The van der Waals surface area contributed by atoms with Gasteiger partial charge in [0, 0.05) is 11.6 Å². The van der Waals surface area contributed by atoms with Gasteiger partial charge < -0.3 is 14.6 Å². The number of anilines is 1. The highest BCUT2D eigenvalue weighted by Gasteiger charge is 2.45. The number of aliphatic hydroxyl groups is 1. The normalized spacial score (nSPS) is 15.7. The van der Waals surface area contributed by atoms with Gasteiger partial charge in [0.05, 0.1) is 24.8 Å². The van der Waals surface area contributed by atoms with Crippen molar-refractivity contribution in [1.82, 2.24) is 4.98 Å². The number of ether oxygens (including phenoxy) is 2. The second-order valence-corrected chi connectivity index (χ2v) is 8.98. The van der Waals surface area contributed by atoms with E-state index in [1.165, 1.54) is 22.3 Å². The number of carbonyl (C=O) groups is 2. The van der Waals surface area contributed by atoms with Gasteiger partial charge in [-0.2, -0.15) is 0 Å². The average molecular weight is 505 g/mol. The summed E-state index contributed by atoms with van der Waals surface area (Å²) in [5.41, 5.74) is 1.42. The molecule has 0 fully saturated rings. The molecule has 2 heterocycles. The molecule has 186 valence electrons. The zero-order chi connectivity index (χ0) is 25.5. The standard InChI is InChI=1S/C28H28N2O5S/c1-3-5-16-35-22-14-12-20(18-23(22)34-4-2)25-24(21(31)13-11-19-9-7-6-8-10-19)26(32)27(33)30(25)28-29-15-17-36-28/h6-15,17-18,25,32H,3-5,16H2,1-2H3/b13-11+. The van der Waals surface area contributed by atoms with E-state index in [1.807, 2.05) is 37.3 Å². The molecule has 2 aromatic carbocycles. The Bertz CT molecular complexity index is 1270. The molecule has 0 saturated carbocycles. The van der Waals surface area contributed by atoms with Crippen molar-refractivity contribution in [3.05, 3.63) is 88.6 Å². The third-order valence-electron chi connectivity index (χ3n) is 5.66. The predicted molar refractivity (Wildman–Crippen MR) is 140 cm³/mol. The van der Waals surface area contributed by atoms with E-state index in [1.54, 1.807) is 35.9 Å². The summed E-state index contributed by atoms with van der Waals surface area (Å²) in [6, 6.07) is 13.8. The van der Waals surface area contributed by atoms with Crippen LogP contribution in [0.5, 0.6) is 11.5 Å². The average Bonchev–Trinajstić information content (AvgIpc) is 3.51. The van der Waals surface area contributed by atoms with Crippen molar-refractivity contribution in [3.63, 3.8) is 0 Å². The number of benzene rings is 2. The molecule has 0 aliphatic carbocycles. The highest BCUT2D eigenvalue weighted by molar-refractivity contribution is 7.13. The first-order chi connectivity index (χ1) is 17.5. The van der Waals surface area contributed by atoms with Gasteiger partial charge in [-0.3, -0.25) is 14.5 Å². The predicted octanol–water partition coefficient (Wildman–Crippen LogP) is 5.90. The van der Waals surface area contributed by atoms with Gasteiger partial charge in [0.1, 0.15) is 0 Å². The number of unbranched alkanes of at least 4 members (excludes halogenated alkanes) is 1. The van der Waals surface area contributed by atoms with Crippen LogP contribution in [0, 0.1) is 0 Å². The summed E-state index contributed by atoms with van der Waals surface area (Å²) in [4.78, 5) is 32.2. The maximum absolute atomic E-state index is 13.4. The van der Waals surface area contributed by atoms with E-state index in [2.05, 4.69) is 11.9 Å². The SMILES string of the molecule is CCCCOc1ccc(C2C(C(=O)/C=C/c3ccccc3)=C(O)C(=O)N2c2nccs2)cc1OCC. The van der Waals surface area contributed by atoms with Crippen LogP contribution in [0.2, 0.25) is 0 Å². The number of hydrogen-bond acceptors (Lipinski definition) is 7. The highest BCUT2D eigenvalue weighted by Crippen LogP contribution is 2.43. The van der Waals surface area contributed by atoms with Gasteiger partial charge >= 0.3 is 0 Å². The zero-order valence-electron chi connectivity index (χ0n) is 20.2. The van der Waals surface area contributed by atoms with Crippen LogP contribution in [-0.2, 0) is 9.59 Å². The van der Waals surface area contributed by atoms with Crippen molar-refractivity contribution in [3.8, 4) is 11.5 Å². The largest absolute Gasteiger partial charge is 0.503 e. The lowest BCUT2D eigenvalue weighted by molar-refractivity contribution is -0.117. The van der Waals surface area contributed by atoms with Gasteiger partial charge in [0.25, 0.3) is 5.91 Å². The number of allylic oxidation sites excluding steroid dienone is 1. The van der Waals surface area contributed by atoms with Gasteiger partial charge in [-0.25, -0.2) is 4.98 Å². The Morgan fingerprint density at radius 2 is 1.94 bits per heavy atom. The summed E-state index contributed by atoms with van der Waals surface area (Å²) >= 11 is 1.25. The monoisotopic (exact) mass is 504 g/mol. The van der Waals surface area contributed by atoms with Crippen molar-refractivity contribution < 1.29 is 24.2 Å². The molecule has 1 unspecified atom stereocenters. The first kappa shape index (κ1) is 25.2. The van der Waals surface area contributed by atoms with Crippen molar-refractivity contribution in [1.29, 1.82) is 0 Å². The number of thiazole rings is 1. The molecule has 1 aromatic heterocycles. The molecule has 0 saturated heterocycles. The number of hydrogen-bond donors (Lipinski definition) is 1. The minimum atomic E-state index is -0.875. The van der Waals surface area contributed by atoms with Gasteiger partial charge in [0.15, 0.2) is 28.2 Å². The lowest BCUT2D eigenvalue weighted by Gasteiger charge is -2.25. The first-order valence-electron chi connectivity index (χ1n) is 11.9. The van der Waals surface area contributed by atoms with Crippen LogP contribution in [-0.4, -0.2) is 35.0 Å². The summed E-state index contributed by atoms with van der Waals surface area (Å²) in [5.74, 6) is -0.623. The molecule has 0 spiro atoms. The van der Waals surface area contributed by atoms with E-state index in [9.17, 15) is 14.7 Å². The fourth-order valence-electron chi connectivity index (χ4n) is 3.94. The summed E-state index contributed by atoms with van der Waals surface area (Å²) < 4.78 is 11.7. The van der Waals surface area contributed by atoms with E-state index < -0.39 is 23.5 Å². The van der Waals surface area contributed by atoms with Crippen LogP contribution in [0.1, 0.15) is 43.9 Å². The van der Waals surface area contributed by atoms with Crippen LogP contribution in [0.15, 0.2) is 77.5 Å². The number of carbonyl (C=O) groups excluding carboxylic acids is 2. The first-order valence-corrected chi connectivity index (χ1v) is 12.8. The molecular formula is C28H28N2O5S. The molecule has 1 N–H and O–H groups in total. The van der Waals surface area contributed by atoms with Crippen LogP contribution in [0.3, 0.4) is 0 Å². The van der Waals surface area contributed by atoms with Crippen molar-refractivity contribution in [2.24, 2.45) is 0 Å². The third kappa shape index (κ3) is 5.33. The van der Waals surface area contributed by atoms with Crippen LogP contribution < -0.4 is 14.4 Å². The lowest BCUT2D eigenvalue weighted by atomic mass is 9.95. The Hall–Kier alpha value is -3.91. The van der Waals surface area contributed by atoms with E-state index in [4.69, 9.17) is 9.47 Å². The molecule has 1 atom stereocenters. The van der Waals surface area contributed by atoms with Crippen molar-refractivity contribution >= 4 is 34.2 Å². The molecular weight excluding hydrogens is 476 g/mol. The molecule has 0 radical (unpaired) electrons. The lowest BCUT2D eigenvalue weighted by Crippen LogP contribution is -2.30. The Labute approximate surface area is 214 Å².